The zero-order valence-corrected chi connectivity index (χ0v) is 14.6. The summed E-state index contributed by atoms with van der Waals surface area (Å²) in [5.41, 5.74) is 5.82. The Morgan fingerprint density at radius 1 is 1.20 bits per heavy atom. The molecule has 0 saturated heterocycles. The highest BCUT2D eigenvalue weighted by atomic mass is 35.5. The Balaban J connectivity index is 0. The Bertz CT molecular complexity index is 373. The summed E-state index contributed by atoms with van der Waals surface area (Å²) in [5.74, 6) is -0.314. The van der Waals surface area contributed by atoms with Gasteiger partial charge in [-0.3, -0.25) is 4.79 Å². The molecule has 0 aromatic heterocycles. The first-order valence-electron chi connectivity index (χ1n) is 6.90. The van der Waals surface area contributed by atoms with Gasteiger partial charge in [0.25, 0.3) is 0 Å². The Kier molecular flexibility index (Phi) is 10.5. The fraction of sp³-hybridized carbons (Fsp3) is 0.923. The Labute approximate surface area is 129 Å². The van der Waals surface area contributed by atoms with Crippen molar-refractivity contribution in [3.05, 3.63) is 0 Å². The predicted molar refractivity (Wildman–Crippen MR) is 85.9 cm³/mol. The van der Waals surface area contributed by atoms with Crippen LogP contribution in [0, 0.1) is 5.41 Å². The molecule has 0 bridgehead atoms. The molecule has 1 unspecified atom stereocenters. The average Bonchev–Trinajstić information content (AvgIpc) is 2.37. The van der Waals surface area contributed by atoms with Crippen LogP contribution in [-0.2, 0) is 14.6 Å². The number of carbonyl (C=O) groups is 1. The van der Waals surface area contributed by atoms with E-state index in [1.165, 1.54) is 0 Å². The molecule has 0 aliphatic carbocycles. The van der Waals surface area contributed by atoms with Gasteiger partial charge in [-0.2, -0.15) is 0 Å². The fourth-order valence-electron chi connectivity index (χ4n) is 2.00. The SMILES string of the molecule is CCC(CC)(CC)CNC(=O)C(N)CCS(C)(=O)=O.Cl. The number of hydrogen-bond acceptors (Lipinski definition) is 4. The van der Waals surface area contributed by atoms with Crippen molar-refractivity contribution in [3.63, 3.8) is 0 Å². The Morgan fingerprint density at radius 2 is 1.65 bits per heavy atom. The third-order valence-electron chi connectivity index (χ3n) is 4.02. The van der Waals surface area contributed by atoms with Crippen molar-refractivity contribution in [2.75, 3.05) is 18.6 Å². The van der Waals surface area contributed by atoms with Gasteiger partial charge < -0.3 is 11.1 Å². The number of amides is 1. The topological polar surface area (TPSA) is 89.3 Å². The minimum Gasteiger partial charge on any atom is -0.354 e. The van der Waals surface area contributed by atoms with Gasteiger partial charge in [0.05, 0.1) is 11.8 Å². The van der Waals surface area contributed by atoms with E-state index in [1.54, 1.807) is 0 Å². The number of nitrogens with one attached hydrogen (secondary N) is 1. The largest absolute Gasteiger partial charge is 0.354 e. The third-order valence-corrected chi connectivity index (χ3v) is 5.00. The van der Waals surface area contributed by atoms with Crippen LogP contribution in [0.25, 0.3) is 0 Å². The minimum absolute atomic E-state index is 0. The number of carbonyl (C=O) groups excluding carboxylic acids is 1. The van der Waals surface area contributed by atoms with Crippen molar-refractivity contribution in [2.24, 2.45) is 11.1 Å². The van der Waals surface area contributed by atoms with Crippen molar-refractivity contribution >= 4 is 28.2 Å². The molecule has 0 aromatic rings. The summed E-state index contributed by atoms with van der Waals surface area (Å²) in [6, 6.07) is -0.752. The highest BCUT2D eigenvalue weighted by Crippen LogP contribution is 2.29. The number of hydrogen-bond donors (Lipinski definition) is 2. The van der Waals surface area contributed by atoms with Gasteiger partial charge in [-0.15, -0.1) is 12.4 Å². The van der Waals surface area contributed by atoms with E-state index in [2.05, 4.69) is 26.1 Å². The van der Waals surface area contributed by atoms with Crippen LogP contribution in [-0.4, -0.2) is 38.9 Å². The lowest BCUT2D eigenvalue weighted by molar-refractivity contribution is -0.123. The zero-order chi connectivity index (χ0) is 15.1. The summed E-state index contributed by atoms with van der Waals surface area (Å²) in [6.07, 6.45) is 4.31. The molecule has 1 amide bonds. The average molecular weight is 329 g/mol. The number of halogens is 1. The van der Waals surface area contributed by atoms with Gasteiger partial charge in [-0.1, -0.05) is 20.8 Å². The summed E-state index contributed by atoms with van der Waals surface area (Å²) >= 11 is 0. The molecule has 0 aromatic carbocycles. The van der Waals surface area contributed by atoms with Gasteiger partial charge in [0.15, 0.2) is 0 Å². The van der Waals surface area contributed by atoms with Gasteiger partial charge >= 0.3 is 0 Å². The van der Waals surface area contributed by atoms with Crippen LogP contribution in [0.4, 0.5) is 0 Å². The summed E-state index contributed by atoms with van der Waals surface area (Å²) in [6.45, 7) is 6.94. The summed E-state index contributed by atoms with van der Waals surface area (Å²) in [4.78, 5) is 11.8. The maximum absolute atomic E-state index is 11.8. The van der Waals surface area contributed by atoms with Crippen LogP contribution in [0.1, 0.15) is 46.5 Å². The first-order chi connectivity index (χ1) is 8.69. The van der Waals surface area contributed by atoms with E-state index in [9.17, 15) is 13.2 Å². The molecule has 1 atom stereocenters. The second kappa shape index (κ2) is 9.58. The van der Waals surface area contributed by atoms with Gasteiger partial charge in [-0.05, 0) is 31.1 Å². The van der Waals surface area contributed by atoms with Crippen LogP contribution in [0.2, 0.25) is 0 Å². The van der Waals surface area contributed by atoms with Crippen LogP contribution in [0.15, 0.2) is 0 Å². The number of sulfone groups is 1. The molecule has 20 heavy (non-hydrogen) atoms. The van der Waals surface area contributed by atoms with Gasteiger partial charge in [0.2, 0.25) is 5.91 Å². The Morgan fingerprint density at radius 3 is 2.00 bits per heavy atom. The van der Waals surface area contributed by atoms with Crippen molar-refractivity contribution in [1.29, 1.82) is 0 Å². The maximum atomic E-state index is 11.8. The highest BCUT2D eigenvalue weighted by Gasteiger charge is 2.25. The van der Waals surface area contributed by atoms with Crippen LogP contribution in [0.5, 0.6) is 0 Å². The lowest BCUT2D eigenvalue weighted by atomic mass is 9.80. The molecular formula is C13H29ClN2O3S. The summed E-state index contributed by atoms with van der Waals surface area (Å²) in [7, 11) is -3.07. The number of rotatable bonds is 9. The van der Waals surface area contributed by atoms with E-state index in [0.717, 1.165) is 25.5 Å². The molecule has 0 saturated carbocycles. The molecule has 3 N–H and O–H groups in total. The lowest BCUT2D eigenvalue weighted by Crippen LogP contribution is -2.45. The second-order valence-electron chi connectivity index (χ2n) is 5.30. The fourth-order valence-corrected chi connectivity index (χ4v) is 2.68. The van der Waals surface area contributed by atoms with E-state index in [4.69, 9.17) is 5.73 Å². The minimum atomic E-state index is -3.07. The van der Waals surface area contributed by atoms with Crippen LogP contribution in [0.3, 0.4) is 0 Å². The van der Waals surface area contributed by atoms with Crippen LogP contribution >= 0.6 is 12.4 Å². The van der Waals surface area contributed by atoms with Gasteiger partial charge in [-0.25, -0.2) is 8.42 Å². The highest BCUT2D eigenvalue weighted by molar-refractivity contribution is 7.90. The standard InChI is InChI=1S/C13H28N2O3S.ClH/c1-5-13(6-2,7-3)10-15-12(16)11(14)8-9-19(4,17)18;/h11H,5-10,14H2,1-4H3,(H,15,16);1H. The van der Waals surface area contributed by atoms with E-state index in [0.29, 0.717) is 6.54 Å². The van der Waals surface area contributed by atoms with E-state index in [1.807, 2.05) is 0 Å². The molecule has 122 valence electrons. The molecule has 0 aliphatic heterocycles. The quantitative estimate of drug-likeness (QED) is 0.671. The molecule has 0 radical (unpaired) electrons. The summed E-state index contributed by atoms with van der Waals surface area (Å²) < 4.78 is 22.1. The molecular weight excluding hydrogens is 300 g/mol. The molecule has 0 rings (SSSR count). The molecule has 7 heteroatoms. The molecule has 0 spiro atoms. The maximum Gasteiger partial charge on any atom is 0.236 e. The molecule has 5 nitrogen and oxygen atoms in total. The second-order valence-corrected chi connectivity index (χ2v) is 7.56. The van der Waals surface area contributed by atoms with Gasteiger partial charge in [0, 0.05) is 12.8 Å². The Hall–Kier alpha value is -0.330. The lowest BCUT2D eigenvalue weighted by Gasteiger charge is -2.31. The summed E-state index contributed by atoms with van der Waals surface area (Å²) in [5, 5.41) is 2.85. The zero-order valence-electron chi connectivity index (χ0n) is 12.9. The van der Waals surface area contributed by atoms with E-state index >= 15 is 0 Å². The normalized spacial score (nSPS) is 13.4. The number of nitrogens with two attached hydrogens (primary N) is 1. The van der Waals surface area contributed by atoms with Crippen molar-refractivity contribution in [2.45, 2.75) is 52.5 Å². The van der Waals surface area contributed by atoms with Crippen molar-refractivity contribution < 1.29 is 13.2 Å². The van der Waals surface area contributed by atoms with Crippen LogP contribution < -0.4 is 11.1 Å². The van der Waals surface area contributed by atoms with Gasteiger partial charge in [0.1, 0.15) is 9.84 Å². The van der Waals surface area contributed by atoms with Crippen molar-refractivity contribution in [3.8, 4) is 0 Å². The smallest absolute Gasteiger partial charge is 0.236 e. The first-order valence-corrected chi connectivity index (χ1v) is 8.96. The monoisotopic (exact) mass is 328 g/mol. The predicted octanol–water partition coefficient (Wildman–Crippen LogP) is 1.50. The van der Waals surface area contributed by atoms with E-state index in [-0.39, 0.29) is 35.9 Å². The molecule has 0 aliphatic rings. The van der Waals surface area contributed by atoms with Crippen molar-refractivity contribution in [1.82, 2.24) is 5.32 Å². The first kappa shape index (κ1) is 22.0. The van der Waals surface area contributed by atoms with E-state index < -0.39 is 15.9 Å². The third kappa shape index (κ3) is 8.07. The molecule has 0 fully saturated rings. The molecule has 0 heterocycles.